The van der Waals surface area contributed by atoms with Crippen molar-refractivity contribution in [2.75, 3.05) is 0 Å². The van der Waals surface area contributed by atoms with Crippen LogP contribution in [0, 0.1) is 0 Å². The number of rotatable bonds is 3. The fraction of sp³-hybridized carbons (Fsp3) is 0.417. The Balaban J connectivity index is 2.67. The van der Waals surface area contributed by atoms with Crippen LogP contribution < -0.4 is 0 Å². The SMILES string of the molecule is CCCn1c([C@@H](C)O)nc2ccc(Cl)cc21. The molecule has 2 aromatic rings. The van der Waals surface area contributed by atoms with E-state index in [2.05, 4.69) is 11.9 Å². The van der Waals surface area contributed by atoms with Crippen molar-refractivity contribution in [1.82, 2.24) is 9.55 Å². The molecule has 0 aliphatic heterocycles. The number of hydrogen-bond donors (Lipinski definition) is 1. The van der Waals surface area contributed by atoms with E-state index in [4.69, 9.17) is 11.6 Å². The molecule has 0 amide bonds. The molecule has 2 rings (SSSR count). The molecule has 0 spiro atoms. The van der Waals surface area contributed by atoms with Gasteiger partial charge in [-0.25, -0.2) is 4.98 Å². The molecule has 1 aromatic carbocycles. The summed E-state index contributed by atoms with van der Waals surface area (Å²) in [5.41, 5.74) is 1.87. The average molecular weight is 239 g/mol. The molecule has 1 heterocycles. The molecule has 0 aliphatic rings. The zero-order valence-corrected chi connectivity index (χ0v) is 10.2. The third kappa shape index (κ3) is 1.93. The predicted octanol–water partition coefficient (Wildman–Crippen LogP) is 3.15. The van der Waals surface area contributed by atoms with Crippen LogP contribution >= 0.6 is 11.6 Å². The molecule has 0 fully saturated rings. The van der Waals surface area contributed by atoms with Crippen molar-refractivity contribution in [2.45, 2.75) is 32.9 Å². The minimum absolute atomic E-state index is 0.558. The Bertz CT molecular complexity index is 505. The van der Waals surface area contributed by atoms with Gasteiger partial charge >= 0.3 is 0 Å². The molecule has 86 valence electrons. The van der Waals surface area contributed by atoms with Gasteiger partial charge in [0.05, 0.1) is 11.0 Å². The summed E-state index contributed by atoms with van der Waals surface area (Å²) in [7, 11) is 0. The van der Waals surface area contributed by atoms with Gasteiger partial charge in [0.25, 0.3) is 0 Å². The minimum Gasteiger partial charge on any atom is -0.385 e. The lowest BCUT2D eigenvalue weighted by Crippen LogP contribution is -2.06. The first-order valence-electron chi connectivity index (χ1n) is 5.47. The van der Waals surface area contributed by atoms with Crippen LogP contribution in [0.25, 0.3) is 11.0 Å². The first-order chi connectivity index (χ1) is 7.63. The quantitative estimate of drug-likeness (QED) is 0.892. The third-order valence-electron chi connectivity index (χ3n) is 2.56. The first kappa shape index (κ1) is 11.4. The molecule has 16 heavy (non-hydrogen) atoms. The van der Waals surface area contributed by atoms with Crippen LogP contribution in [-0.4, -0.2) is 14.7 Å². The van der Waals surface area contributed by atoms with Gasteiger partial charge in [0, 0.05) is 11.6 Å². The van der Waals surface area contributed by atoms with Crippen molar-refractivity contribution in [3.05, 3.63) is 29.0 Å². The molecule has 1 atom stereocenters. The number of aliphatic hydroxyl groups excluding tert-OH is 1. The van der Waals surface area contributed by atoms with Gasteiger partial charge in [0.2, 0.25) is 0 Å². The van der Waals surface area contributed by atoms with Gasteiger partial charge in [-0.05, 0) is 31.5 Å². The summed E-state index contributed by atoms with van der Waals surface area (Å²) in [5, 5.41) is 10.4. The van der Waals surface area contributed by atoms with E-state index in [1.54, 1.807) is 6.92 Å². The lowest BCUT2D eigenvalue weighted by molar-refractivity contribution is 0.184. The molecule has 0 aliphatic carbocycles. The molecule has 0 radical (unpaired) electrons. The molecule has 0 unspecified atom stereocenters. The van der Waals surface area contributed by atoms with Crippen LogP contribution in [0.3, 0.4) is 0 Å². The average Bonchev–Trinajstić information content (AvgIpc) is 2.58. The van der Waals surface area contributed by atoms with Gasteiger partial charge < -0.3 is 9.67 Å². The van der Waals surface area contributed by atoms with Crippen LogP contribution in [0.1, 0.15) is 32.2 Å². The number of imidazole rings is 1. The predicted molar refractivity (Wildman–Crippen MR) is 65.7 cm³/mol. The maximum absolute atomic E-state index is 9.69. The second-order valence-electron chi connectivity index (χ2n) is 3.93. The summed E-state index contributed by atoms with van der Waals surface area (Å²) in [5.74, 6) is 0.708. The molecule has 0 saturated heterocycles. The normalized spacial score (nSPS) is 13.2. The van der Waals surface area contributed by atoms with Gasteiger partial charge in [0.1, 0.15) is 11.9 Å². The Morgan fingerprint density at radius 1 is 1.50 bits per heavy atom. The van der Waals surface area contributed by atoms with Gasteiger partial charge in [-0.1, -0.05) is 18.5 Å². The minimum atomic E-state index is -0.558. The number of halogens is 1. The zero-order valence-electron chi connectivity index (χ0n) is 9.44. The maximum Gasteiger partial charge on any atom is 0.138 e. The van der Waals surface area contributed by atoms with Gasteiger partial charge in [-0.2, -0.15) is 0 Å². The molecular weight excluding hydrogens is 224 g/mol. The van der Waals surface area contributed by atoms with Crippen LogP contribution in [0.5, 0.6) is 0 Å². The summed E-state index contributed by atoms with van der Waals surface area (Å²) in [6.07, 6.45) is 0.440. The van der Waals surface area contributed by atoms with Crippen LogP contribution in [0.4, 0.5) is 0 Å². The van der Waals surface area contributed by atoms with Crippen molar-refractivity contribution in [3.63, 3.8) is 0 Å². The monoisotopic (exact) mass is 238 g/mol. The van der Waals surface area contributed by atoms with E-state index in [9.17, 15) is 5.11 Å². The van der Waals surface area contributed by atoms with E-state index >= 15 is 0 Å². The number of aromatic nitrogens is 2. The van der Waals surface area contributed by atoms with Crippen LogP contribution in [0.2, 0.25) is 5.02 Å². The van der Waals surface area contributed by atoms with Crippen molar-refractivity contribution < 1.29 is 5.11 Å². The smallest absolute Gasteiger partial charge is 0.138 e. The number of aryl methyl sites for hydroxylation is 1. The number of hydrogen-bond acceptors (Lipinski definition) is 2. The lowest BCUT2D eigenvalue weighted by Gasteiger charge is -2.09. The molecule has 4 heteroatoms. The number of fused-ring (bicyclic) bond motifs is 1. The van der Waals surface area contributed by atoms with Gasteiger partial charge in [-0.3, -0.25) is 0 Å². The van der Waals surface area contributed by atoms with Crippen molar-refractivity contribution in [3.8, 4) is 0 Å². The standard InChI is InChI=1S/C12H15ClN2O/c1-3-6-15-11-7-9(13)4-5-10(11)14-12(15)8(2)16/h4-5,7-8,16H,3,6H2,1-2H3/t8-/m1/s1. The fourth-order valence-corrected chi connectivity index (χ4v) is 2.06. The molecular formula is C12H15ClN2O. The molecule has 3 nitrogen and oxygen atoms in total. The van der Waals surface area contributed by atoms with E-state index in [1.807, 2.05) is 22.8 Å². The van der Waals surface area contributed by atoms with E-state index in [0.717, 1.165) is 24.0 Å². The van der Waals surface area contributed by atoms with E-state index < -0.39 is 6.10 Å². The van der Waals surface area contributed by atoms with Crippen LogP contribution in [-0.2, 0) is 6.54 Å². The number of benzene rings is 1. The summed E-state index contributed by atoms with van der Waals surface area (Å²) in [4.78, 5) is 4.43. The Hall–Kier alpha value is -1.06. The summed E-state index contributed by atoms with van der Waals surface area (Å²) in [6.45, 7) is 4.67. The Morgan fingerprint density at radius 3 is 2.88 bits per heavy atom. The van der Waals surface area contributed by atoms with Crippen LogP contribution in [0.15, 0.2) is 18.2 Å². The largest absolute Gasteiger partial charge is 0.385 e. The molecule has 1 aromatic heterocycles. The van der Waals surface area contributed by atoms with Gasteiger partial charge in [0.15, 0.2) is 0 Å². The Labute approximate surface area is 99.7 Å². The number of nitrogens with zero attached hydrogens (tertiary/aromatic N) is 2. The Morgan fingerprint density at radius 2 is 2.25 bits per heavy atom. The highest BCUT2D eigenvalue weighted by Crippen LogP contribution is 2.24. The lowest BCUT2D eigenvalue weighted by atomic mass is 10.3. The second kappa shape index (κ2) is 4.44. The zero-order chi connectivity index (χ0) is 11.7. The van der Waals surface area contributed by atoms with Crippen molar-refractivity contribution in [2.24, 2.45) is 0 Å². The van der Waals surface area contributed by atoms with E-state index in [-0.39, 0.29) is 0 Å². The first-order valence-corrected chi connectivity index (χ1v) is 5.85. The summed E-state index contributed by atoms with van der Waals surface area (Å²) < 4.78 is 2.03. The highest BCUT2D eigenvalue weighted by Gasteiger charge is 2.14. The molecule has 0 bridgehead atoms. The van der Waals surface area contributed by atoms with Crippen molar-refractivity contribution in [1.29, 1.82) is 0 Å². The summed E-state index contributed by atoms with van der Waals surface area (Å²) in [6, 6.07) is 5.60. The maximum atomic E-state index is 9.69. The van der Waals surface area contributed by atoms with E-state index in [0.29, 0.717) is 10.8 Å². The summed E-state index contributed by atoms with van der Waals surface area (Å²) >= 11 is 5.98. The Kier molecular flexibility index (Phi) is 3.17. The highest BCUT2D eigenvalue weighted by molar-refractivity contribution is 6.31. The number of aliphatic hydroxyl groups is 1. The second-order valence-corrected chi connectivity index (χ2v) is 4.37. The molecule has 1 N–H and O–H groups in total. The third-order valence-corrected chi connectivity index (χ3v) is 2.80. The highest BCUT2D eigenvalue weighted by atomic mass is 35.5. The molecule has 0 saturated carbocycles. The van der Waals surface area contributed by atoms with E-state index in [1.165, 1.54) is 0 Å². The fourth-order valence-electron chi connectivity index (χ4n) is 1.89. The van der Waals surface area contributed by atoms with Gasteiger partial charge in [-0.15, -0.1) is 0 Å². The topological polar surface area (TPSA) is 38.0 Å². The van der Waals surface area contributed by atoms with Crippen molar-refractivity contribution >= 4 is 22.6 Å².